The van der Waals surface area contributed by atoms with Gasteiger partial charge in [-0.25, -0.2) is 4.79 Å². The Balaban J connectivity index is 1.95. The van der Waals surface area contributed by atoms with Crippen molar-refractivity contribution >= 4 is 11.7 Å². The van der Waals surface area contributed by atoms with Crippen LogP contribution in [0.4, 0.5) is 10.5 Å². The van der Waals surface area contributed by atoms with E-state index in [-0.39, 0.29) is 12.1 Å². The molecule has 1 aliphatic rings. The van der Waals surface area contributed by atoms with Gasteiger partial charge in [0.25, 0.3) is 0 Å². The minimum absolute atomic E-state index is 0.111. The molecule has 0 aliphatic carbocycles. The maximum absolute atomic E-state index is 12.3. The Morgan fingerprint density at radius 1 is 1.41 bits per heavy atom. The van der Waals surface area contributed by atoms with E-state index in [1.165, 1.54) is 14.2 Å². The largest absolute Gasteiger partial charge is 0.481 e. The van der Waals surface area contributed by atoms with Gasteiger partial charge >= 0.3 is 6.03 Å². The van der Waals surface area contributed by atoms with Gasteiger partial charge in [-0.05, 0) is 25.3 Å². The van der Waals surface area contributed by atoms with Crippen molar-refractivity contribution in [3.05, 3.63) is 12.1 Å². The van der Waals surface area contributed by atoms with Crippen LogP contribution in [-0.4, -0.2) is 56.4 Å². The number of nitrogens with zero attached hydrogens (tertiary/aromatic N) is 2. The molecule has 2 rings (SSSR count). The molecule has 1 aromatic rings. The summed E-state index contributed by atoms with van der Waals surface area (Å²) in [6.07, 6.45) is 3.35. The zero-order valence-electron chi connectivity index (χ0n) is 13.3. The predicted octanol–water partition coefficient (Wildman–Crippen LogP) is 2.13. The fraction of sp³-hybridized carbons (Fsp3) is 0.600. The number of likely N-dealkylation sites (N-methyl/N-ethyl adjacent to an activating group) is 1. The van der Waals surface area contributed by atoms with Gasteiger partial charge in [-0.3, -0.25) is 0 Å². The summed E-state index contributed by atoms with van der Waals surface area (Å²) in [5.41, 5.74) is 0.504. The number of pyridine rings is 1. The molecule has 122 valence electrons. The molecule has 0 radical (unpaired) electrons. The fourth-order valence-electron chi connectivity index (χ4n) is 2.34. The number of carbonyl (C=O) groups excluding carboxylic acids is 1. The van der Waals surface area contributed by atoms with E-state index in [1.54, 1.807) is 24.1 Å². The summed E-state index contributed by atoms with van der Waals surface area (Å²) in [7, 11) is 4.77. The average Bonchev–Trinajstić information content (AvgIpc) is 2.56. The molecular formula is C15H23N3O4. The smallest absolute Gasteiger partial charge is 0.321 e. The third-order valence-corrected chi connectivity index (χ3v) is 3.58. The van der Waals surface area contributed by atoms with Gasteiger partial charge in [-0.1, -0.05) is 0 Å². The zero-order valence-corrected chi connectivity index (χ0v) is 13.3. The quantitative estimate of drug-likeness (QED) is 0.902. The standard InChI is InChI=1S/C15H23N3O4/c1-18(10-11-6-4-5-9-22-11)15(19)16-12-7-8-13(20-2)17-14(12)21-3/h7-8,11H,4-6,9-10H2,1-3H3,(H,16,19). The first-order valence-electron chi connectivity index (χ1n) is 7.36. The highest BCUT2D eigenvalue weighted by Crippen LogP contribution is 2.25. The van der Waals surface area contributed by atoms with Crippen LogP contribution in [0, 0.1) is 0 Å². The van der Waals surface area contributed by atoms with E-state index in [9.17, 15) is 4.79 Å². The number of aromatic nitrogens is 1. The second kappa shape index (κ2) is 7.84. The summed E-state index contributed by atoms with van der Waals surface area (Å²) in [6, 6.07) is 3.15. The highest BCUT2D eigenvalue weighted by molar-refractivity contribution is 5.90. The molecule has 0 saturated carbocycles. The molecule has 1 atom stereocenters. The lowest BCUT2D eigenvalue weighted by Gasteiger charge is -2.27. The molecular weight excluding hydrogens is 286 g/mol. The summed E-state index contributed by atoms with van der Waals surface area (Å²) >= 11 is 0. The van der Waals surface area contributed by atoms with E-state index in [0.29, 0.717) is 24.0 Å². The van der Waals surface area contributed by atoms with Crippen LogP contribution in [0.5, 0.6) is 11.8 Å². The Kier molecular flexibility index (Phi) is 5.83. The van der Waals surface area contributed by atoms with Gasteiger partial charge in [0.05, 0.1) is 20.3 Å². The first-order valence-corrected chi connectivity index (χ1v) is 7.36. The Bertz CT molecular complexity index is 504. The number of hydrogen-bond donors (Lipinski definition) is 1. The molecule has 1 fully saturated rings. The third-order valence-electron chi connectivity index (χ3n) is 3.58. The zero-order chi connectivity index (χ0) is 15.9. The monoisotopic (exact) mass is 309 g/mol. The second-order valence-corrected chi connectivity index (χ2v) is 5.21. The van der Waals surface area contributed by atoms with E-state index >= 15 is 0 Å². The lowest BCUT2D eigenvalue weighted by Crippen LogP contribution is -2.39. The number of rotatable bonds is 5. The van der Waals surface area contributed by atoms with Crippen LogP contribution in [0.3, 0.4) is 0 Å². The molecule has 0 spiro atoms. The number of urea groups is 1. The van der Waals surface area contributed by atoms with Crippen molar-refractivity contribution in [1.29, 1.82) is 0 Å². The summed E-state index contributed by atoms with van der Waals surface area (Å²) in [4.78, 5) is 18.0. The van der Waals surface area contributed by atoms with Crippen molar-refractivity contribution in [2.75, 3.05) is 39.7 Å². The van der Waals surface area contributed by atoms with E-state index in [1.807, 2.05) is 0 Å². The maximum atomic E-state index is 12.3. The molecule has 7 nitrogen and oxygen atoms in total. The molecule has 1 unspecified atom stereocenters. The number of nitrogens with one attached hydrogen (secondary N) is 1. The topological polar surface area (TPSA) is 72.9 Å². The number of amides is 2. The summed E-state index contributed by atoms with van der Waals surface area (Å²) in [6.45, 7) is 1.34. The highest BCUT2D eigenvalue weighted by atomic mass is 16.5. The van der Waals surface area contributed by atoms with Crippen LogP contribution in [0.1, 0.15) is 19.3 Å². The molecule has 22 heavy (non-hydrogen) atoms. The van der Waals surface area contributed by atoms with E-state index in [2.05, 4.69) is 10.3 Å². The van der Waals surface area contributed by atoms with Gasteiger partial charge in [0.2, 0.25) is 11.8 Å². The summed E-state index contributed by atoms with van der Waals surface area (Å²) < 4.78 is 15.9. The molecule has 2 amide bonds. The minimum Gasteiger partial charge on any atom is -0.481 e. The molecule has 7 heteroatoms. The van der Waals surface area contributed by atoms with Crippen LogP contribution in [0.2, 0.25) is 0 Å². The second-order valence-electron chi connectivity index (χ2n) is 5.21. The lowest BCUT2D eigenvalue weighted by molar-refractivity contribution is 0.00463. The van der Waals surface area contributed by atoms with Crippen molar-refractivity contribution in [3.63, 3.8) is 0 Å². The van der Waals surface area contributed by atoms with E-state index in [0.717, 1.165) is 25.9 Å². The number of carbonyl (C=O) groups is 1. The van der Waals surface area contributed by atoms with Crippen LogP contribution in [0.25, 0.3) is 0 Å². The van der Waals surface area contributed by atoms with Crippen molar-refractivity contribution in [3.8, 4) is 11.8 Å². The van der Waals surface area contributed by atoms with Gasteiger partial charge in [-0.15, -0.1) is 0 Å². The minimum atomic E-state index is -0.223. The SMILES string of the molecule is COc1ccc(NC(=O)N(C)CC2CCCCO2)c(OC)n1. The van der Waals surface area contributed by atoms with E-state index in [4.69, 9.17) is 14.2 Å². The molecule has 2 heterocycles. The summed E-state index contributed by atoms with van der Waals surface area (Å²) in [5.74, 6) is 0.744. The Morgan fingerprint density at radius 3 is 2.86 bits per heavy atom. The number of anilines is 1. The van der Waals surface area contributed by atoms with Crippen molar-refractivity contribution in [1.82, 2.24) is 9.88 Å². The molecule has 1 N–H and O–H groups in total. The van der Waals surface area contributed by atoms with Gasteiger partial charge < -0.3 is 24.4 Å². The van der Waals surface area contributed by atoms with Gasteiger partial charge in [0, 0.05) is 26.3 Å². The number of hydrogen-bond acceptors (Lipinski definition) is 5. The third kappa shape index (κ3) is 4.24. The first-order chi connectivity index (χ1) is 10.6. The molecule has 1 aliphatic heterocycles. The van der Waals surface area contributed by atoms with Crippen molar-refractivity contribution < 1.29 is 19.0 Å². The van der Waals surface area contributed by atoms with Crippen molar-refractivity contribution in [2.24, 2.45) is 0 Å². The predicted molar refractivity (Wildman–Crippen MR) is 82.6 cm³/mol. The fourth-order valence-corrected chi connectivity index (χ4v) is 2.34. The van der Waals surface area contributed by atoms with Crippen LogP contribution in [-0.2, 0) is 4.74 Å². The van der Waals surface area contributed by atoms with E-state index < -0.39 is 0 Å². The van der Waals surface area contributed by atoms with Gasteiger partial charge in [-0.2, -0.15) is 4.98 Å². The number of methoxy groups -OCH3 is 2. The van der Waals surface area contributed by atoms with Crippen molar-refractivity contribution in [2.45, 2.75) is 25.4 Å². The van der Waals surface area contributed by atoms with Gasteiger partial charge in [0.1, 0.15) is 5.69 Å². The van der Waals surface area contributed by atoms with Crippen LogP contribution >= 0.6 is 0 Å². The van der Waals surface area contributed by atoms with Crippen LogP contribution in [0.15, 0.2) is 12.1 Å². The lowest BCUT2D eigenvalue weighted by atomic mass is 10.1. The molecule has 1 aromatic heterocycles. The molecule has 0 bridgehead atoms. The van der Waals surface area contributed by atoms with Gasteiger partial charge in [0.15, 0.2) is 0 Å². The molecule has 0 aromatic carbocycles. The Morgan fingerprint density at radius 2 is 2.23 bits per heavy atom. The van der Waals surface area contributed by atoms with Crippen LogP contribution < -0.4 is 14.8 Å². The highest BCUT2D eigenvalue weighted by Gasteiger charge is 2.20. The Hall–Kier alpha value is -2.02. The maximum Gasteiger partial charge on any atom is 0.321 e. The average molecular weight is 309 g/mol. The summed E-state index contributed by atoms with van der Waals surface area (Å²) in [5, 5.41) is 2.79. The normalized spacial score (nSPS) is 17.7. The number of ether oxygens (including phenoxy) is 3. The Labute approximate surface area is 130 Å². The molecule has 1 saturated heterocycles. The first kappa shape index (κ1) is 16.4.